The Hall–Kier alpha value is -2.49. The number of nitrogens with one attached hydrogen (secondary N) is 1. The second-order valence-corrected chi connectivity index (χ2v) is 7.34. The van der Waals surface area contributed by atoms with Gasteiger partial charge in [-0.15, -0.1) is 0 Å². The molecule has 1 fully saturated rings. The largest absolute Gasteiger partial charge is 0.497 e. The summed E-state index contributed by atoms with van der Waals surface area (Å²) in [6.07, 6.45) is -2.32. The molecule has 0 radical (unpaired) electrons. The molecule has 152 valence electrons. The number of likely N-dealkylation sites (tertiary alicyclic amines) is 1. The third-order valence-electron chi connectivity index (χ3n) is 4.53. The van der Waals surface area contributed by atoms with Crippen LogP contribution in [0.1, 0.15) is 28.1 Å². The van der Waals surface area contributed by atoms with Crippen LogP contribution in [-0.4, -0.2) is 49.1 Å². The van der Waals surface area contributed by atoms with Crippen LogP contribution in [0.2, 0.25) is 0 Å². The molecule has 1 aliphatic rings. The highest BCUT2D eigenvalue weighted by molar-refractivity contribution is 7.15. The highest BCUT2D eigenvalue weighted by Gasteiger charge is 2.34. The van der Waals surface area contributed by atoms with E-state index in [9.17, 15) is 18.0 Å². The number of aromatic nitrogens is 1. The number of hydrogen-bond acceptors (Lipinski definition) is 6. The number of anilines is 1. The summed E-state index contributed by atoms with van der Waals surface area (Å²) in [5.41, 5.74) is 0.449. The number of piperidine rings is 1. The van der Waals surface area contributed by atoms with Crippen molar-refractivity contribution in [3.8, 4) is 11.5 Å². The summed E-state index contributed by atoms with van der Waals surface area (Å²) < 4.78 is 48.4. The van der Waals surface area contributed by atoms with Gasteiger partial charge in [-0.3, -0.25) is 4.79 Å². The van der Waals surface area contributed by atoms with E-state index in [1.807, 2.05) is 0 Å². The zero-order chi connectivity index (χ0) is 20.3. The van der Waals surface area contributed by atoms with Crippen molar-refractivity contribution in [2.75, 3.05) is 32.6 Å². The van der Waals surface area contributed by atoms with Crippen LogP contribution in [0.3, 0.4) is 0 Å². The molecule has 1 amide bonds. The number of nitrogens with zero attached hydrogens (tertiary/aromatic N) is 2. The van der Waals surface area contributed by atoms with Crippen LogP contribution in [-0.2, 0) is 6.18 Å². The summed E-state index contributed by atoms with van der Waals surface area (Å²) in [5, 5.41) is 3.28. The number of benzene rings is 1. The van der Waals surface area contributed by atoms with Crippen LogP contribution in [0.5, 0.6) is 11.5 Å². The zero-order valence-corrected chi connectivity index (χ0v) is 16.2. The summed E-state index contributed by atoms with van der Waals surface area (Å²) in [6.45, 7) is 0.979. The smallest absolute Gasteiger partial charge is 0.427 e. The predicted molar refractivity (Wildman–Crippen MR) is 99.2 cm³/mol. The van der Waals surface area contributed by atoms with E-state index in [-0.39, 0.29) is 17.1 Å². The molecule has 2 aromatic rings. The number of carbonyl (C=O) groups excluding carboxylic acids is 1. The quantitative estimate of drug-likeness (QED) is 0.803. The van der Waals surface area contributed by atoms with Crippen molar-refractivity contribution in [1.82, 2.24) is 9.88 Å². The van der Waals surface area contributed by atoms with E-state index >= 15 is 0 Å². The lowest BCUT2D eigenvalue weighted by Gasteiger charge is -2.32. The summed E-state index contributed by atoms with van der Waals surface area (Å²) in [5.74, 6) is 0.886. The number of carbonyl (C=O) groups is 1. The van der Waals surface area contributed by atoms with E-state index in [0.29, 0.717) is 54.3 Å². The Morgan fingerprint density at radius 1 is 1.25 bits per heavy atom. The lowest BCUT2D eigenvalue weighted by molar-refractivity contribution is -0.134. The maximum atomic E-state index is 12.8. The van der Waals surface area contributed by atoms with Crippen molar-refractivity contribution < 1.29 is 27.4 Å². The minimum absolute atomic E-state index is 0.0333. The molecule has 1 N–H and O–H groups in total. The minimum Gasteiger partial charge on any atom is -0.497 e. The van der Waals surface area contributed by atoms with Gasteiger partial charge in [-0.05, 0) is 25.0 Å². The number of amides is 1. The van der Waals surface area contributed by atoms with Crippen LogP contribution in [0.15, 0.2) is 24.4 Å². The lowest BCUT2D eigenvalue weighted by Crippen LogP contribution is -2.42. The van der Waals surface area contributed by atoms with E-state index in [1.165, 1.54) is 14.2 Å². The van der Waals surface area contributed by atoms with Gasteiger partial charge >= 0.3 is 6.18 Å². The number of hydrogen-bond donors (Lipinski definition) is 1. The maximum absolute atomic E-state index is 12.8. The molecular formula is C18H20F3N3O3S. The first-order valence-corrected chi connectivity index (χ1v) is 9.44. The highest BCUT2D eigenvalue weighted by atomic mass is 32.1. The molecule has 0 saturated carbocycles. The number of methoxy groups -OCH3 is 2. The summed E-state index contributed by atoms with van der Waals surface area (Å²) in [4.78, 5) is 17.6. The van der Waals surface area contributed by atoms with Crippen molar-refractivity contribution in [2.45, 2.75) is 25.1 Å². The van der Waals surface area contributed by atoms with E-state index in [4.69, 9.17) is 9.47 Å². The molecule has 0 aliphatic carbocycles. The molecule has 0 bridgehead atoms. The molecule has 0 spiro atoms. The van der Waals surface area contributed by atoms with E-state index in [2.05, 4.69) is 10.3 Å². The van der Waals surface area contributed by atoms with Gasteiger partial charge in [0.1, 0.15) is 16.4 Å². The van der Waals surface area contributed by atoms with Gasteiger partial charge in [0.05, 0.1) is 26.0 Å². The molecule has 1 aliphatic heterocycles. The number of halogens is 3. The molecule has 1 aromatic heterocycles. The predicted octanol–water partition coefficient (Wildman–Crippen LogP) is 3.90. The molecule has 28 heavy (non-hydrogen) atoms. The second-order valence-electron chi connectivity index (χ2n) is 6.30. The van der Waals surface area contributed by atoms with Gasteiger partial charge in [-0.2, -0.15) is 13.2 Å². The van der Waals surface area contributed by atoms with Crippen molar-refractivity contribution in [3.05, 3.63) is 34.8 Å². The van der Waals surface area contributed by atoms with E-state index < -0.39 is 11.1 Å². The lowest BCUT2D eigenvalue weighted by atomic mass is 10.0. The first kappa shape index (κ1) is 20.2. The minimum atomic E-state index is -4.38. The van der Waals surface area contributed by atoms with Crippen LogP contribution < -0.4 is 14.8 Å². The number of thiazole rings is 1. The van der Waals surface area contributed by atoms with Crippen molar-refractivity contribution >= 4 is 22.4 Å². The first-order valence-electron chi connectivity index (χ1n) is 8.62. The van der Waals surface area contributed by atoms with Gasteiger partial charge in [0.2, 0.25) is 0 Å². The number of alkyl halides is 3. The Bertz CT molecular complexity index is 833. The molecule has 3 rings (SSSR count). The van der Waals surface area contributed by atoms with Gasteiger partial charge < -0.3 is 19.7 Å². The average Bonchev–Trinajstić information content (AvgIpc) is 3.16. The fourth-order valence-electron chi connectivity index (χ4n) is 3.02. The average molecular weight is 415 g/mol. The molecule has 6 nitrogen and oxygen atoms in total. The highest BCUT2D eigenvalue weighted by Crippen LogP contribution is 2.35. The number of rotatable bonds is 5. The van der Waals surface area contributed by atoms with Crippen molar-refractivity contribution in [2.24, 2.45) is 0 Å². The monoisotopic (exact) mass is 415 g/mol. The normalized spacial score (nSPS) is 15.4. The summed E-state index contributed by atoms with van der Waals surface area (Å²) in [7, 11) is 3.03. The molecule has 2 heterocycles. The standard InChI is InChI=1S/C18H20F3N3O3S/c1-26-12-3-4-13(14(9-12)27-2)16(25)24-7-5-11(6-8-24)23-17-22-10-15(28-17)18(19,20)21/h3-4,9-11H,5-8H2,1-2H3,(H,22,23). The molecule has 0 atom stereocenters. The first-order chi connectivity index (χ1) is 13.3. The molecule has 1 saturated heterocycles. The molecule has 1 aromatic carbocycles. The Morgan fingerprint density at radius 2 is 1.96 bits per heavy atom. The van der Waals surface area contributed by atoms with Gasteiger partial charge in [0, 0.05) is 25.2 Å². The van der Waals surface area contributed by atoms with Crippen molar-refractivity contribution in [3.63, 3.8) is 0 Å². The Balaban J connectivity index is 1.59. The van der Waals surface area contributed by atoms with Crippen LogP contribution in [0.25, 0.3) is 0 Å². The topological polar surface area (TPSA) is 63.7 Å². The Kier molecular flexibility index (Phi) is 5.97. The van der Waals surface area contributed by atoms with Gasteiger partial charge in [-0.1, -0.05) is 11.3 Å². The van der Waals surface area contributed by atoms with Crippen LogP contribution in [0.4, 0.5) is 18.3 Å². The SMILES string of the molecule is COc1ccc(C(=O)N2CCC(Nc3ncc(C(F)(F)F)s3)CC2)c(OC)c1. The molecular weight excluding hydrogens is 395 g/mol. The second kappa shape index (κ2) is 8.26. The third kappa shape index (κ3) is 4.49. The van der Waals surface area contributed by atoms with Gasteiger partial charge in [0.25, 0.3) is 5.91 Å². The van der Waals surface area contributed by atoms with E-state index in [0.717, 1.165) is 6.20 Å². The van der Waals surface area contributed by atoms with Gasteiger partial charge in [0.15, 0.2) is 5.13 Å². The maximum Gasteiger partial charge on any atom is 0.427 e. The Morgan fingerprint density at radius 3 is 2.54 bits per heavy atom. The number of ether oxygens (including phenoxy) is 2. The van der Waals surface area contributed by atoms with Crippen LogP contribution >= 0.6 is 11.3 Å². The summed E-state index contributed by atoms with van der Waals surface area (Å²) >= 11 is 0.590. The fraction of sp³-hybridized carbons (Fsp3) is 0.444. The van der Waals surface area contributed by atoms with Gasteiger partial charge in [-0.25, -0.2) is 4.98 Å². The summed E-state index contributed by atoms with van der Waals surface area (Å²) in [6, 6.07) is 4.99. The van der Waals surface area contributed by atoms with Crippen molar-refractivity contribution in [1.29, 1.82) is 0 Å². The zero-order valence-electron chi connectivity index (χ0n) is 15.4. The van der Waals surface area contributed by atoms with Crippen LogP contribution in [0, 0.1) is 0 Å². The van der Waals surface area contributed by atoms with E-state index in [1.54, 1.807) is 23.1 Å². The third-order valence-corrected chi connectivity index (χ3v) is 5.51. The fourth-order valence-corrected chi connectivity index (χ4v) is 3.78. The molecule has 0 unspecified atom stereocenters. The Labute approximate surface area is 164 Å². The molecule has 10 heteroatoms.